The van der Waals surface area contributed by atoms with Crippen LogP contribution in [0.1, 0.15) is 33.1 Å². The molecule has 0 saturated heterocycles. The molecule has 1 aromatic rings. The van der Waals surface area contributed by atoms with E-state index in [1.54, 1.807) is 0 Å². The molecule has 1 rings (SSSR count). The van der Waals surface area contributed by atoms with E-state index in [-0.39, 0.29) is 0 Å². The predicted molar refractivity (Wildman–Crippen MR) is 68.9 cm³/mol. The van der Waals surface area contributed by atoms with Gasteiger partial charge < -0.3 is 15.2 Å². The van der Waals surface area contributed by atoms with Gasteiger partial charge in [0.05, 0.1) is 0 Å². The summed E-state index contributed by atoms with van der Waals surface area (Å²) in [6, 6.07) is 0. The lowest BCUT2D eigenvalue weighted by molar-refractivity contribution is 0.331. The van der Waals surface area contributed by atoms with Crippen molar-refractivity contribution in [2.24, 2.45) is 17.6 Å². The Bertz CT molecular complexity index is 324. The van der Waals surface area contributed by atoms with Crippen LogP contribution in [0.4, 0.5) is 5.95 Å². The first-order valence-corrected chi connectivity index (χ1v) is 6.30. The molecular weight excluding hydrogens is 216 g/mol. The standard InChI is InChI=1S/C12H24N4O/c1-5-16(4)12-14-11(17-15-12)7-10(8-13)6-9(2)3/h9-10H,5-8,13H2,1-4H3/t10-/m0/s1. The second kappa shape index (κ2) is 6.59. The van der Waals surface area contributed by atoms with Crippen molar-refractivity contribution in [3.05, 3.63) is 5.89 Å². The lowest BCUT2D eigenvalue weighted by Crippen LogP contribution is -2.19. The lowest BCUT2D eigenvalue weighted by Gasteiger charge is -2.14. The molecule has 0 radical (unpaired) electrons. The molecule has 1 atom stereocenters. The van der Waals surface area contributed by atoms with Crippen LogP contribution in [0.2, 0.25) is 0 Å². The zero-order valence-corrected chi connectivity index (χ0v) is 11.3. The van der Waals surface area contributed by atoms with E-state index in [9.17, 15) is 0 Å². The van der Waals surface area contributed by atoms with E-state index in [0.29, 0.717) is 30.2 Å². The maximum Gasteiger partial charge on any atom is 0.265 e. The van der Waals surface area contributed by atoms with E-state index in [0.717, 1.165) is 19.4 Å². The van der Waals surface area contributed by atoms with Crippen molar-refractivity contribution in [3.63, 3.8) is 0 Å². The molecule has 0 unspecified atom stereocenters. The van der Waals surface area contributed by atoms with Crippen molar-refractivity contribution < 1.29 is 4.52 Å². The zero-order chi connectivity index (χ0) is 12.8. The van der Waals surface area contributed by atoms with Crippen LogP contribution >= 0.6 is 0 Å². The molecule has 1 aromatic heterocycles. The number of hydrogen-bond donors (Lipinski definition) is 1. The number of nitrogens with two attached hydrogens (primary N) is 1. The molecular formula is C12H24N4O. The highest BCUT2D eigenvalue weighted by atomic mass is 16.5. The normalized spacial score (nSPS) is 13.1. The topological polar surface area (TPSA) is 68.2 Å². The number of rotatable bonds is 7. The van der Waals surface area contributed by atoms with Crippen molar-refractivity contribution in [3.8, 4) is 0 Å². The SMILES string of the molecule is CCN(C)c1noc(C[C@@H](CN)CC(C)C)n1. The minimum absolute atomic E-state index is 0.426. The van der Waals surface area contributed by atoms with E-state index in [2.05, 4.69) is 30.9 Å². The number of aromatic nitrogens is 2. The lowest BCUT2D eigenvalue weighted by atomic mass is 9.94. The molecule has 98 valence electrons. The van der Waals surface area contributed by atoms with Gasteiger partial charge in [0.15, 0.2) is 0 Å². The van der Waals surface area contributed by atoms with Crippen molar-refractivity contribution in [2.75, 3.05) is 25.0 Å². The van der Waals surface area contributed by atoms with Gasteiger partial charge in [-0.05, 0) is 36.9 Å². The molecule has 0 saturated carbocycles. The van der Waals surface area contributed by atoms with Crippen LogP contribution in [0.3, 0.4) is 0 Å². The molecule has 0 amide bonds. The largest absolute Gasteiger partial charge is 0.342 e. The van der Waals surface area contributed by atoms with Gasteiger partial charge in [-0.15, -0.1) is 0 Å². The van der Waals surface area contributed by atoms with Crippen LogP contribution in [-0.2, 0) is 6.42 Å². The Labute approximate surface area is 103 Å². The Balaban J connectivity index is 2.58. The first kappa shape index (κ1) is 14.0. The van der Waals surface area contributed by atoms with E-state index in [1.165, 1.54) is 0 Å². The fraction of sp³-hybridized carbons (Fsp3) is 0.833. The Morgan fingerprint density at radius 1 is 1.41 bits per heavy atom. The third kappa shape index (κ3) is 4.34. The van der Waals surface area contributed by atoms with E-state index >= 15 is 0 Å². The molecule has 0 aromatic carbocycles. The average Bonchev–Trinajstić information content (AvgIpc) is 2.75. The smallest absolute Gasteiger partial charge is 0.265 e. The third-order valence-corrected chi connectivity index (χ3v) is 2.87. The van der Waals surface area contributed by atoms with Crippen LogP contribution in [0.25, 0.3) is 0 Å². The van der Waals surface area contributed by atoms with Gasteiger partial charge in [-0.3, -0.25) is 0 Å². The zero-order valence-electron chi connectivity index (χ0n) is 11.3. The molecule has 5 nitrogen and oxygen atoms in total. The molecule has 0 aliphatic heterocycles. The number of anilines is 1. The maximum atomic E-state index is 5.76. The average molecular weight is 240 g/mol. The fourth-order valence-corrected chi connectivity index (χ4v) is 1.80. The summed E-state index contributed by atoms with van der Waals surface area (Å²) in [7, 11) is 1.95. The van der Waals surface area contributed by atoms with Gasteiger partial charge in [-0.25, -0.2) is 0 Å². The quantitative estimate of drug-likeness (QED) is 0.785. The first-order chi connectivity index (χ1) is 8.06. The van der Waals surface area contributed by atoms with Crippen LogP contribution < -0.4 is 10.6 Å². The minimum atomic E-state index is 0.426. The van der Waals surface area contributed by atoms with Gasteiger partial charge in [-0.1, -0.05) is 13.8 Å². The Hall–Kier alpha value is -1.10. The van der Waals surface area contributed by atoms with Crippen LogP contribution in [0.15, 0.2) is 4.52 Å². The van der Waals surface area contributed by atoms with Crippen molar-refractivity contribution >= 4 is 5.95 Å². The predicted octanol–water partition coefficient (Wildman–Crippen LogP) is 1.69. The van der Waals surface area contributed by atoms with Crippen molar-refractivity contribution in [1.29, 1.82) is 0 Å². The van der Waals surface area contributed by atoms with E-state index in [1.807, 2.05) is 11.9 Å². The molecule has 1 heterocycles. The first-order valence-electron chi connectivity index (χ1n) is 6.30. The monoisotopic (exact) mass is 240 g/mol. The summed E-state index contributed by atoms with van der Waals surface area (Å²) < 4.78 is 5.24. The summed E-state index contributed by atoms with van der Waals surface area (Å²) in [4.78, 5) is 6.32. The maximum absolute atomic E-state index is 5.76. The molecule has 2 N–H and O–H groups in total. The molecule has 0 aliphatic rings. The fourth-order valence-electron chi connectivity index (χ4n) is 1.80. The van der Waals surface area contributed by atoms with Crippen molar-refractivity contribution in [2.45, 2.75) is 33.6 Å². The Kier molecular flexibility index (Phi) is 5.41. The summed E-state index contributed by atoms with van der Waals surface area (Å²) in [5.74, 6) is 2.42. The summed E-state index contributed by atoms with van der Waals surface area (Å²) in [5, 5.41) is 3.95. The summed E-state index contributed by atoms with van der Waals surface area (Å²) >= 11 is 0. The molecule has 0 spiro atoms. The van der Waals surface area contributed by atoms with Gasteiger partial charge in [0.1, 0.15) is 0 Å². The molecule has 0 aliphatic carbocycles. The number of nitrogens with zero attached hydrogens (tertiary/aromatic N) is 3. The highest BCUT2D eigenvalue weighted by molar-refractivity contribution is 5.25. The summed E-state index contributed by atoms with van der Waals surface area (Å²) in [6.07, 6.45) is 1.87. The van der Waals surface area contributed by atoms with E-state index < -0.39 is 0 Å². The summed E-state index contributed by atoms with van der Waals surface area (Å²) in [6.45, 7) is 7.99. The molecule has 17 heavy (non-hydrogen) atoms. The van der Waals surface area contributed by atoms with Crippen LogP contribution in [0, 0.1) is 11.8 Å². The van der Waals surface area contributed by atoms with Gasteiger partial charge >= 0.3 is 0 Å². The van der Waals surface area contributed by atoms with Gasteiger partial charge in [-0.2, -0.15) is 4.98 Å². The van der Waals surface area contributed by atoms with E-state index in [4.69, 9.17) is 10.3 Å². The molecule has 5 heteroatoms. The molecule has 0 bridgehead atoms. The molecule has 0 fully saturated rings. The van der Waals surface area contributed by atoms with Crippen molar-refractivity contribution in [1.82, 2.24) is 10.1 Å². The second-order valence-electron chi connectivity index (χ2n) is 4.94. The Morgan fingerprint density at radius 2 is 2.12 bits per heavy atom. The summed E-state index contributed by atoms with van der Waals surface area (Å²) in [5.41, 5.74) is 5.76. The van der Waals surface area contributed by atoms with Gasteiger partial charge in [0, 0.05) is 20.0 Å². The highest BCUT2D eigenvalue weighted by Gasteiger charge is 2.15. The second-order valence-corrected chi connectivity index (χ2v) is 4.94. The third-order valence-electron chi connectivity index (χ3n) is 2.87. The van der Waals surface area contributed by atoms with Gasteiger partial charge in [0.25, 0.3) is 5.95 Å². The van der Waals surface area contributed by atoms with Crippen LogP contribution in [0.5, 0.6) is 0 Å². The Morgan fingerprint density at radius 3 is 2.65 bits per heavy atom. The van der Waals surface area contributed by atoms with Crippen LogP contribution in [-0.4, -0.2) is 30.3 Å². The minimum Gasteiger partial charge on any atom is -0.342 e. The van der Waals surface area contributed by atoms with Gasteiger partial charge in [0.2, 0.25) is 5.89 Å². The highest BCUT2D eigenvalue weighted by Crippen LogP contribution is 2.16. The number of hydrogen-bond acceptors (Lipinski definition) is 5.